The number of aliphatic hydroxyl groups excluding tert-OH is 1. The minimum Gasteiger partial charge on any atom is -0.490 e. The van der Waals surface area contributed by atoms with Crippen LogP contribution in [0.3, 0.4) is 0 Å². The average molecular weight is 361 g/mol. The molecule has 2 heterocycles. The Labute approximate surface area is 159 Å². The molecule has 0 amide bonds. The predicted octanol–water partition coefficient (Wildman–Crippen LogP) is 3.53. The summed E-state index contributed by atoms with van der Waals surface area (Å²) in [6, 6.07) is 8.45. The van der Waals surface area contributed by atoms with Gasteiger partial charge in [0.05, 0.1) is 12.7 Å². The molecular weight excluding hydrogens is 324 g/mol. The Balaban J connectivity index is 1.56. The van der Waals surface area contributed by atoms with Crippen LogP contribution in [0.4, 0.5) is 0 Å². The number of rotatable bonds is 8. The molecule has 0 bridgehead atoms. The fourth-order valence-electron chi connectivity index (χ4n) is 4.26. The van der Waals surface area contributed by atoms with Gasteiger partial charge in [0, 0.05) is 24.1 Å². The van der Waals surface area contributed by atoms with Crippen molar-refractivity contribution < 1.29 is 9.84 Å². The van der Waals surface area contributed by atoms with Crippen molar-refractivity contribution in [3.05, 3.63) is 29.8 Å². The Morgan fingerprint density at radius 2 is 1.77 bits per heavy atom. The van der Waals surface area contributed by atoms with Crippen molar-refractivity contribution in [3.63, 3.8) is 0 Å². The van der Waals surface area contributed by atoms with Gasteiger partial charge in [0.25, 0.3) is 0 Å². The number of nitrogens with zero attached hydrogens (tertiary/aromatic N) is 2. The lowest BCUT2D eigenvalue weighted by Crippen LogP contribution is -2.47. The van der Waals surface area contributed by atoms with Gasteiger partial charge in [-0.05, 0) is 71.3 Å². The van der Waals surface area contributed by atoms with Crippen LogP contribution in [0.1, 0.15) is 51.5 Å². The van der Waals surface area contributed by atoms with E-state index in [4.69, 9.17) is 4.74 Å². The monoisotopic (exact) mass is 360 g/mol. The topological polar surface area (TPSA) is 35.9 Å². The zero-order chi connectivity index (χ0) is 18.4. The molecule has 0 unspecified atom stereocenters. The van der Waals surface area contributed by atoms with Crippen molar-refractivity contribution in [3.8, 4) is 5.75 Å². The lowest BCUT2D eigenvalue weighted by Gasteiger charge is -2.43. The lowest BCUT2D eigenvalue weighted by molar-refractivity contribution is 0.0162. The number of hydrogen-bond donors (Lipinski definition) is 1. The zero-order valence-electron chi connectivity index (χ0n) is 16.6. The van der Waals surface area contributed by atoms with Gasteiger partial charge in [-0.25, -0.2) is 0 Å². The molecule has 4 nitrogen and oxygen atoms in total. The smallest absolute Gasteiger partial charge is 0.124 e. The lowest BCUT2D eigenvalue weighted by atomic mass is 9.78. The van der Waals surface area contributed by atoms with Gasteiger partial charge in [-0.15, -0.1) is 0 Å². The van der Waals surface area contributed by atoms with Gasteiger partial charge < -0.3 is 14.7 Å². The molecule has 0 saturated carbocycles. The van der Waals surface area contributed by atoms with Crippen LogP contribution in [-0.4, -0.2) is 60.3 Å². The maximum Gasteiger partial charge on any atom is 0.124 e. The van der Waals surface area contributed by atoms with E-state index < -0.39 is 0 Å². The number of hydrogen-bond acceptors (Lipinski definition) is 4. The molecule has 4 heteroatoms. The summed E-state index contributed by atoms with van der Waals surface area (Å²) in [5.41, 5.74) is 1.39. The molecule has 0 aromatic heterocycles. The van der Waals surface area contributed by atoms with Gasteiger partial charge in [-0.2, -0.15) is 0 Å². The summed E-state index contributed by atoms with van der Waals surface area (Å²) >= 11 is 0. The SMILES string of the molecule is CC[C@H](C)Oc1ccccc1CN1CCC(CO)(CN2CCCC2)CC1. The molecule has 1 atom stereocenters. The Kier molecular flexibility index (Phi) is 6.96. The van der Waals surface area contributed by atoms with Crippen LogP contribution < -0.4 is 4.74 Å². The predicted molar refractivity (Wildman–Crippen MR) is 107 cm³/mol. The van der Waals surface area contributed by atoms with Crippen LogP contribution in [0.15, 0.2) is 24.3 Å². The van der Waals surface area contributed by atoms with E-state index in [0.29, 0.717) is 6.61 Å². The molecular formula is C22H36N2O2. The molecule has 1 aromatic rings. The first-order chi connectivity index (χ1) is 12.6. The highest BCUT2D eigenvalue weighted by Gasteiger charge is 2.36. The van der Waals surface area contributed by atoms with Crippen molar-refractivity contribution in [2.45, 2.75) is 58.6 Å². The first-order valence-corrected chi connectivity index (χ1v) is 10.4. The minimum absolute atomic E-state index is 0.105. The molecule has 26 heavy (non-hydrogen) atoms. The van der Waals surface area contributed by atoms with E-state index in [1.54, 1.807) is 0 Å². The van der Waals surface area contributed by atoms with Crippen LogP contribution in [0, 0.1) is 5.41 Å². The Morgan fingerprint density at radius 1 is 1.08 bits per heavy atom. The van der Waals surface area contributed by atoms with Gasteiger partial charge in [0.15, 0.2) is 0 Å². The molecule has 0 spiro atoms. The van der Waals surface area contributed by atoms with Gasteiger partial charge >= 0.3 is 0 Å². The van der Waals surface area contributed by atoms with Crippen LogP contribution in [-0.2, 0) is 6.54 Å². The zero-order valence-corrected chi connectivity index (χ0v) is 16.6. The minimum atomic E-state index is 0.105. The highest BCUT2D eigenvalue weighted by atomic mass is 16.5. The van der Waals surface area contributed by atoms with Crippen molar-refractivity contribution >= 4 is 0 Å². The number of ether oxygens (including phenoxy) is 1. The quantitative estimate of drug-likeness (QED) is 0.769. The second-order valence-corrected chi connectivity index (χ2v) is 8.36. The average Bonchev–Trinajstić information content (AvgIpc) is 3.17. The third kappa shape index (κ3) is 4.99. The summed E-state index contributed by atoms with van der Waals surface area (Å²) in [6.07, 6.45) is 6.09. The fraction of sp³-hybridized carbons (Fsp3) is 0.727. The van der Waals surface area contributed by atoms with Gasteiger partial charge in [-0.3, -0.25) is 4.90 Å². The van der Waals surface area contributed by atoms with Crippen LogP contribution in [0.5, 0.6) is 5.75 Å². The van der Waals surface area contributed by atoms with E-state index >= 15 is 0 Å². The Hall–Kier alpha value is -1.10. The Morgan fingerprint density at radius 3 is 2.42 bits per heavy atom. The standard InChI is InChI=1S/C22H36N2O2/c1-3-19(2)26-21-9-5-4-8-20(21)16-23-14-10-22(18-25,11-15-23)17-24-12-6-7-13-24/h4-5,8-9,19,25H,3,6-7,10-18H2,1-2H3/t19-/m0/s1. The molecule has 1 N–H and O–H groups in total. The van der Waals surface area contributed by atoms with E-state index in [2.05, 4.69) is 47.9 Å². The normalized spacial score (nSPS) is 22.4. The largest absolute Gasteiger partial charge is 0.490 e. The summed E-state index contributed by atoms with van der Waals surface area (Å²) in [6.45, 7) is 11.2. The van der Waals surface area contributed by atoms with Gasteiger partial charge in [0.2, 0.25) is 0 Å². The van der Waals surface area contributed by atoms with Gasteiger partial charge in [0.1, 0.15) is 5.75 Å². The maximum atomic E-state index is 10.1. The van der Waals surface area contributed by atoms with Crippen molar-refractivity contribution in [1.82, 2.24) is 9.80 Å². The highest BCUT2D eigenvalue weighted by molar-refractivity contribution is 5.33. The number of likely N-dealkylation sites (tertiary alicyclic amines) is 2. The highest BCUT2D eigenvalue weighted by Crippen LogP contribution is 2.34. The maximum absolute atomic E-state index is 10.1. The molecule has 0 aliphatic carbocycles. The van der Waals surface area contributed by atoms with E-state index in [9.17, 15) is 5.11 Å². The van der Waals surface area contributed by atoms with E-state index in [0.717, 1.165) is 51.2 Å². The number of para-hydroxylation sites is 1. The summed E-state index contributed by atoms with van der Waals surface area (Å²) < 4.78 is 6.11. The van der Waals surface area contributed by atoms with E-state index in [1.807, 2.05) is 0 Å². The molecule has 1 aromatic carbocycles. The molecule has 2 aliphatic rings. The second kappa shape index (κ2) is 9.20. The summed E-state index contributed by atoms with van der Waals surface area (Å²) in [5, 5.41) is 10.1. The molecule has 2 aliphatic heterocycles. The first-order valence-electron chi connectivity index (χ1n) is 10.4. The van der Waals surface area contributed by atoms with E-state index in [1.165, 1.54) is 31.5 Å². The van der Waals surface area contributed by atoms with Crippen LogP contribution in [0.2, 0.25) is 0 Å². The van der Waals surface area contributed by atoms with Crippen molar-refractivity contribution in [1.29, 1.82) is 0 Å². The molecule has 146 valence electrons. The van der Waals surface area contributed by atoms with Gasteiger partial charge in [-0.1, -0.05) is 25.1 Å². The van der Waals surface area contributed by atoms with Crippen molar-refractivity contribution in [2.24, 2.45) is 5.41 Å². The number of aliphatic hydroxyl groups is 1. The second-order valence-electron chi connectivity index (χ2n) is 8.36. The molecule has 3 rings (SSSR count). The van der Waals surface area contributed by atoms with Crippen LogP contribution >= 0.6 is 0 Å². The molecule has 2 fully saturated rings. The third-order valence-electron chi connectivity index (χ3n) is 6.28. The summed E-state index contributed by atoms with van der Waals surface area (Å²) in [5.74, 6) is 1.03. The van der Waals surface area contributed by atoms with Crippen LogP contribution in [0.25, 0.3) is 0 Å². The van der Waals surface area contributed by atoms with E-state index in [-0.39, 0.29) is 11.5 Å². The third-order valence-corrected chi connectivity index (χ3v) is 6.28. The molecule has 2 saturated heterocycles. The fourth-order valence-corrected chi connectivity index (χ4v) is 4.26. The summed E-state index contributed by atoms with van der Waals surface area (Å²) in [7, 11) is 0. The summed E-state index contributed by atoms with van der Waals surface area (Å²) in [4.78, 5) is 5.08. The number of benzene rings is 1. The first kappa shape index (κ1) is 19.7. The Bertz CT molecular complexity index is 549. The number of piperidine rings is 1. The van der Waals surface area contributed by atoms with Crippen molar-refractivity contribution in [2.75, 3.05) is 39.3 Å². The molecule has 0 radical (unpaired) electrons.